The van der Waals surface area contributed by atoms with Gasteiger partial charge in [-0.25, -0.2) is 4.79 Å². The Balaban J connectivity index is 2.66. The second-order valence-electron chi connectivity index (χ2n) is 4.15. The summed E-state index contributed by atoms with van der Waals surface area (Å²) in [4.78, 5) is 21.5. The van der Waals surface area contributed by atoms with Crippen LogP contribution in [0, 0.1) is 22.5 Å². The molecule has 0 aliphatic heterocycles. The fraction of sp³-hybridized carbons (Fsp3) is 0.250. The topological polar surface area (TPSA) is 84.3 Å². The van der Waals surface area contributed by atoms with Crippen LogP contribution < -0.4 is 10.6 Å². The molecule has 0 bridgehead atoms. The van der Waals surface area contributed by atoms with E-state index >= 15 is 0 Å². The lowest BCUT2D eigenvalue weighted by Crippen LogP contribution is -2.44. The zero-order valence-corrected chi connectivity index (χ0v) is 10.1. The van der Waals surface area contributed by atoms with E-state index in [9.17, 15) is 14.9 Å². The summed E-state index contributed by atoms with van der Waals surface area (Å²) in [6.45, 7) is 3.37. The molecule has 18 heavy (non-hydrogen) atoms. The fourth-order valence-electron chi connectivity index (χ4n) is 1.15. The zero-order chi connectivity index (χ0) is 13.8. The number of rotatable bonds is 3. The smallest absolute Gasteiger partial charge is 0.320 e. The highest BCUT2D eigenvalue weighted by Crippen LogP contribution is 2.15. The van der Waals surface area contributed by atoms with Crippen LogP contribution in [0.4, 0.5) is 16.2 Å². The van der Waals surface area contributed by atoms with E-state index in [0.29, 0.717) is 5.69 Å². The Morgan fingerprint density at radius 2 is 1.94 bits per heavy atom. The normalized spacial score (nSPS) is 10.3. The molecule has 0 radical (unpaired) electrons. The number of urea groups is 1. The van der Waals surface area contributed by atoms with Gasteiger partial charge in [0.05, 0.1) is 10.5 Å². The minimum Gasteiger partial charge on any atom is -0.322 e. The van der Waals surface area contributed by atoms with Crippen LogP contribution in [0.1, 0.15) is 13.8 Å². The first kappa shape index (κ1) is 13.5. The van der Waals surface area contributed by atoms with Crippen molar-refractivity contribution in [3.05, 3.63) is 34.4 Å². The summed E-state index contributed by atoms with van der Waals surface area (Å²) in [6.07, 6.45) is 5.23. The van der Waals surface area contributed by atoms with Gasteiger partial charge in [-0.15, -0.1) is 6.42 Å². The molecule has 0 unspecified atom stereocenters. The quantitative estimate of drug-likeness (QED) is 0.487. The minimum absolute atomic E-state index is 0.0371. The van der Waals surface area contributed by atoms with Gasteiger partial charge in [-0.05, 0) is 26.0 Å². The number of nitrogens with one attached hydrogen (secondary N) is 2. The van der Waals surface area contributed by atoms with Crippen molar-refractivity contribution in [2.24, 2.45) is 0 Å². The first-order valence-corrected chi connectivity index (χ1v) is 5.15. The molecule has 1 rings (SSSR count). The molecule has 2 amide bonds. The second kappa shape index (κ2) is 5.19. The average Bonchev–Trinajstić information content (AvgIpc) is 2.29. The van der Waals surface area contributed by atoms with E-state index in [2.05, 4.69) is 16.6 Å². The summed E-state index contributed by atoms with van der Waals surface area (Å²) < 4.78 is 0. The number of nitro benzene ring substituents is 1. The maximum absolute atomic E-state index is 11.6. The molecule has 1 aromatic carbocycles. The summed E-state index contributed by atoms with van der Waals surface area (Å²) >= 11 is 0. The number of terminal acetylenes is 1. The lowest BCUT2D eigenvalue weighted by Gasteiger charge is -2.19. The second-order valence-corrected chi connectivity index (χ2v) is 4.15. The first-order chi connectivity index (χ1) is 8.34. The van der Waals surface area contributed by atoms with Gasteiger partial charge in [0.25, 0.3) is 5.69 Å². The van der Waals surface area contributed by atoms with Gasteiger partial charge in [-0.2, -0.15) is 0 Å². The zero-order valence-electron chi connectivity index (χ0n) is 10.1. The van der Waals surface area contributed by atoms with Crippen LogP contribution >= 0.6 is 0 Å². The van der Waals surface area contributed by atoms with Gasteiger partial charge >= 0.3 is 6.03 Å². The number of carbonyl (C=O) groups is 1. The van der Waals surface area contributed by atoms with Crippen LogP contribution in [0.3, 0.4) is 0 Å². The summed E-state index contributed by atoms with van der Waals surface area (Å²) in [5.41, 5.74) is -0.346. The number of benzene rings is 1. The Hall–Kier alpha value is -2.55. The van der Waals surface area contributed by atoms with E-state index in [1.54, 1.807) is 13.8 Å². The lowest BCUT2D eigenvalue weighted by atomic mass is 10.1. The Labute approximate surface area is 105 Å². The van der Waals surface area contributed by atoms with Gasteiger partial charge in [-0.1, -0.05) is 5.92 Å². The number of hydrogen-bond acceptors (Lipinski definition) is 3. The van der Waals surface area contributed by atoms with Crippen LogP contribution in [0.5, 0.6) is 0 Å². The van der Waals surface area contributed by atoms with E-state index in [1.807, 2.05) is 0 Å². The minimum atomic E-state index is -0.759. The van der Waals surface area contributed by atoms with Crippen molar-refractivity contribution in [2.75, 3.05) is 5.32 Å². The standard InChI is InChI=1S/C12H13N3O3/c1-4-12(2,3)14-11(16)13-9-5-7-10(8-6-9)15(17)18/h1,5-8H,2-3H3,(H2,13,14,16). The highest BCUT2D eigenvalue weighted by atomic mass is 16.6. The van der Waals surface area contributed by atoms with Gasteiger partial charge in [-0.3, -0.25) is 10.1 Å². The van der Waals surface area contributed by atoms with Crippen molar-refractivity contribution in [3.63, 3.8) is 0 Å². The number of nitrogens with zero attached hydrogens (tertiary/aromatic N) is 1. The SMILES string of the molecule is C#CC(C)(C)NC(=O)Nc1ccc([N+](=O)[O-])cc1. The lowest BCUT2D eigenvalue weighted by molar-refractivity contribution is -0.384. The van der Waals surface area contributed by atoms with Crippen molar-refractivity contribution in [1.82, 2.24) is 5.32 Å². The van der Waals surface area contributed by atoms with E-state index in [4.69, 9.17) is 6.42 Å². The van der Waals surface area contributed by atoms with Gasteiger partial charge < -0.3 is 10.6 Å². The number of hydrogen-bond donors (Lipinski definition) is 2. The first-order valence-electron chi connectivity index (χ1n) is 5.15. The van der Waals surface area contributed by atoms with Crippen molar-refractivity contribution in [2.45, 2.75) is 19.4 Å². The van der Waals surface area contributed by atoms with Crippen LogP contribution in [-0.2, 0) is 0 Å². The average molecular weight is 247 g/mol. The molecule has 94 valence electrons. The van der Waals surface area contributed by atoms with Crippen molar-refractivity contribution in [1.29, 1.82) is 0 Å². The Morgan fingerprint density at radius 1 is 1.39 bits per heavy atom. The van der Waals surface area contributed by atoms with Crippen molar-refractivity contribution < 1.29 is 9.72 Å². The number of non-ortho nitro benzene ring substituents is 1. The number of anilines is 1. The summed E-state index contributed by atoms with van der Waals surface area (Å²) in [7, 11) is 0. The molecule has 0 saturated heterocycles. The molecule has 0 heterocycles. The maximum atomic E-state index is 11.6. The molecule has 2 N–H and O–H groups in total. The Bertz CT molecular complexity index is 500. The van der Waals surface area contributed by atoms with Gasteiger partial charge in [0.1, 0.15) is 0 Å². The van der Waals surface area contributed by atoms with Crippen LogP contribution in [0.2, 0.25) is 0 Å². The van der Waals surface area contributed by atoms with Gasteiger partial charge in [0, 0.05) is 17.8 Å². The molecule has 0 aliphatic carbocycles. The molecule has 0 spiro atoms. The number of nitro groups is 1. The largest absolute Gasteiger partial charge is 0.322 e. The summed E-state index contributed by atoms with van der Waals surface area (Å²) in [5.74, 6) is 2.42. The summed E-state index contributed by atoms with van der Waals surface area (Å²) in [5, 5.41) is 15.5. The molecular weight excluding hydrogens is 234 g/mol. The van der Waals surface area contributed by atoms with E-state index < -0.39 is 16.5 Å². The molecule has 0 aromatic heterocycles. The van der Waals surface area contributed by atoms with Crippen molar-refractivity contribution in [3.8, 4) is 12.3 Å². The Morgan fingerprint density at radius 3 is 2.39 bits per heavy atom. The summed E-state index contributed by atoms with van der Waals surface area (Å²) in [6, 6.07) is 5.04. The highest BCUT2D eigenvalue weighted by Gasteiger charge is 2.16. The highest BCUT2D eigenvalue weighted by molar-refractivity contribution is 5.90. The predicted octanol–water partition coefficient (Wildman–Crippen LogP) is 2.13. The number of carbonyl (C=O) groups excluding carboxylic acids is 1. The van der Waals surface area contributed by atoms with Crippen molar-refractivity contribution >= 4 is 17.4 Å². The molecule has 6 nitrogen and oxygen atoms in total. The third kappa shape index (κ3) is 3.79. The molecule has 0 saturated carbocycles. The van der Waals surface area contributed by atoms with E-state index in [-0.39, 0.29) is 5.69 Å². The third-order valence-electron chi connectivity index (χ3n) is 2.12. The Kier molecular flexibility index (Phi) is 3.89. The molecule has 0 atom stereocenters. The van der Waals surface area contributed by atoms with Crippen LogP contribution in [-0.4, -0.2) is 16.5 Å². The van der Waals surface area contributed by atoms with Crippen LogP contribution in [0.15, 0.2) is 24.3 Å². The monoisotopic (exact) mass is 247 g/mol. The van der Waals surface area contributed by atoms with E-state index in [0.717, 1.165) is 0 Å². The van der Waals surface area contributed by atoms with E-state index in [1.165, 1.54) is 24.3 Å². The predicted molar refractivity (Wildman–Crippen MR) is 68.2 cm³/mol. The molecule has 6 heteroatoms. The molecule has 0 fully saturated rings. The van der Waals surface area contributed by atoms with Gasteiger partial charge in [0.2, 0.25) is 0 Å². The fourth-order valence-corrected chi connectivity index (χ4v) is 1.15. The molecule has 0 aliphatic rings. The third-order valence-corrected chi connectivity index (χ3v) is 2.12. The maximum Gasteiger partial charge on any atom is 0.320 e. The molecular formula is C12H13N3O3. The molecule has 1 aromatic rings. The van der Waals surface area contributed by atoms with Gasteiger partial charge in [0.15, 0.2) is 0 Å². The van der Waals surface area contributed by atoms with Crippen LogP contribution in [0.25, 0.3) is 0 Å². The number of amides is 2.